The van der Waals surface area contributed by atoms with E-state index in [9.17, 15) is 9.59 Å². The van der Waals surface area contributed by atoms with Gasteiger partial charge in [-0.15, -0.1) is 0 Å². The van der Waals surface area contributed by atoms with Gasteiger partial charge in [0.2, 0.25) is 0 Å². The molecule has 1 aromatic heterocycles. The van der Waals surface area contributed by atoms with Crippen LogP contribution in [0.2, 0.25) is 0 Å². The maximum atomic E-state index is 12.6. The molecule has 0 saturated carbocycles. The zero-order valence-corrected chi connectivity index (χ0v) is 19.4. The summed E-state index contributed by atoms with van der Waals surface area (Å²) < 4.78 is 7.17. The Kier molecular flexibility index (Phi) is 6.65. The number of hydrogen-bond donors (Lipinski definition) is 2. The van der Waals surface area contributed by atoms with Crippen LogP contribution in [0.5, 0.6) is 5.75 Å². The van der Waals surface area contributed by atoms with Gasteiger partial charge >= 0.3 is 0 Å². The number of rotatable bonds is 6. The molecule has 7 nitrogen and oxygen atoms in total. The van der Waals surface area contributed by atoms with Crippen molar-refractivity contribution in [3.63, 3.8) is 0 Å². The SMILES string of the molecule is CCOc1ccc(N=C2NC(=O)/C(=C/c3cc(C)n(NC(=O)c4ccccc4)c3C)S2)cc1. The predicted molar refractivity (Wildman–Crippen MR) is 132 cm³/mol. The zero-order valence-electron chi connectivity index (χ0n) is 18.6. The third kappa shape index (κ3) is 5.18. The van der Waals surface area contributed by atoms with Crippen LogP contribution in [-0.2, 0) is 4.79 Å². The van der Waals surface area contributed by atoms with Gasteiger partial charge in [-0.2, -0.15) is 0 Å². The second-order valence-electron chi connectivity index (χ2n) is 7.38. The van der Waals surface area contributed by atoms with Crippen LogP contribution in [0, 0.1) is 13.8 Å². The third-order valence-corrected chi connectivity index (χ3v) is 5.95. The van der Waals surface area contributed by atoms with Crippen LogP contribution in [0.15, 0.2) is 70.6 Å². The molecule has 1 saturated heterocycles. The molecular weight excluding hydrogens is 436 g/mol. The van der Waals surface area contributed by atoms with Gasteiger partial charge in [0.1, 0.15) is 5.75 Å². The van der Waals surface area contributed by atoms with Crippen LogP contribution in [0.25, 0.3) is 6.08 Å². The van der Waals surface area contributed by atoms with Crippen molar-refractivity contribution in [3.8, 4) is 5.75 Å². The van der Waals surface area contributed by atoms with Crippen molar-refractivity contribution >= 4 is 40.5 Å². The fourth-order valence-electron chi connectivity index (χ4n) is 3.38. The van der Waals surface area contributed by atoms with E-state index < -0.39 is 0 Å². The number of nitrogens with zero attached hydrogens (tertiary/aromatic N) is 2. The Morgan fingerprint density at radius 2 is 1.88 bits per heavy atom. The Hall–Kier alpha value is -3.78. The smallest absolute Gasteiger partial charge is 0.270 e. The molecule has 2 heterocycles. The summed E-state index contributed by atoms with van der Waals surface area (Å²) in [4.78, 5) is 30.1. The Labute approximate surface area is 196 Å². The molecule has 0 bridgehead atoms. The predicted octanol–water partition coefficient (Wildman–Crippen LogP) is 4.78. The molecule has 8 heteroatoms. The number of carbonyl (C=O) groups excluding carboxylic acids is 2. The average molecular weight is 461 g/mol. The Balaban J connectivity index is 1.51. The van der Waals surface area contributed by atoms with Crippen LogP contribution in [0.1, 0.15) is 34.2 Å². The summed E-state index contributed by atoms with van der Waals surface area (Å²) in [5.74, 6) is 0.372. The largest absolute Gasteiger partial charge is 0.494 e. The number of aryl methyl sites for hydroxylation is 1. The van der Waals surface area contributed by atoms with Gasteiger partial charge in [-0.1, -0.05) is 18.2 Å². The van der Waals surface area contributed by atoms with Gasteiger partial charge in [0, 0.05) is 17.0 Å². The summed E-state index contributed by atoms with van der Waals surface area (Å²) in [6.45, 7) is 6.34. The molecule has 4 rings (SSSR count). The molecule has 2 aromatic carbocycles. The molecule has 1 aliphatic heterocycles. The minimum Gasteiger partial charge on any atom is -0.494 e. The van der Waals surface area contributed by atoms with Crippen molar-refractivity contribution in [1.82, 2.24) is 9.99 Å². The zero-order chi connectivity index (χ0) is 23.4. The summed E-state index contributed by atoms with van der Waals surface area (Å²) in [5, 5.41) is 3.32. The number of amidine groups is 1. The van der Waals surface area contributed by atoms with Gasteiger partial charge in [-0.05, 0) is 86.6 Å². The molecule has 0 aliphatic carbocycles. The lowest BCUT2D eigenvalue weighted by Crippen LogP contribution is -2.24. The number of ether oxygens (including phenoxy) is 1. The number of thioether (sulfide) groups is 1. The van der Waals surface area contributed by atoms with E-state index >= 15 is 0 Å². The Morgan fingerprint density at radius 3 is 2.58 bits per heavy atom. The van der Waals surface area contributed by atoms with Crippen molar-refractivity contribution in [2.45, 2.75) is 20.8 Å². The van der Waals surface area contributed by atoms with Crippen LogP contribution >= 0.6 is 11.8 Å². The maximum Gasteiger partial charge on any atom is 0.270 e. The molecule has 3 aromatic rings. The van der Waals surface area contributed by atoms with Crippen molar-refractivity contribution in [2.24, 2.45) is 4.99 Å². The molecule has 1 aliphatic rings. The molecule has 0 spiro atoms. The topological polar surface area (TPSA) is 84.7 Å². The molecular formula is C25H24N4O3S. The van der Waals surface area contributed by atoms with E-state index in [1.165, 1.54) is 11.8 Å². The summed E-state index contributed by atoms with van der Waals surface area (Å²) in [6.07, 6.45) is 1.81. The maximum absolute atomic E-state index is 12.6. The molecule has 0 atom stereocenters. The first-order chi connectivity index (χ1) is 15.9. The Bertz CT molecular complexity index is 1240. The quantitative estimate of drug-likeness (QED) is 0.519. The van der Waals surface area contributed by atoms with Crippen molar-refractivity contribution < 1.29 is 14.3 Å². The Morgan fingerprint density at radius 1 is 1.15 bits per heavy atom. The fraction of sp³-hybridized carbons (Fsp3) is 0.160. The highest BCUT2D eigenvalue weighted by molar-refractivity contribution is 8.18. The van der Waals surface area contributed by atoms with Crippen molar-refractivity contribution in [1.29, 1.82) is 0 Å². The minimum atomic E-state index is -0.206. The van der Waals surface area contributed by atoms with E-state index in [-0.39, 0.29) is 11.8 Å². The highest BCUT2D eigenvalue weighted by Crippen LogP contribution is 2.30. The highest BCUT2D eigenvalue weighted by atomic mass is 32.2. The summed E-state index contributed by atoms with van der Waals surface area (Å²) in [7, 11) is 0. The average Bonchev–Trinajstić information content (AvgIpc) is 3.29. The van der Waals surface area contributed by atoms with Gasteiger partial charge in [-0.3, -0.25) is 19.7 Å². The molecule has 168 valence electrons. The van der Waals surface area contributed by atoms with E-state index in [1.54, 1.807) is 16.8 Å². The number of nitrogens with one attached hydrogen (secondary N) is 2. The normalized spacial score (nSPS) is 15.7. The first-order valence-corrected chi connectivity index (χ1v) is 11.3. The lowest BCUT2D eigenvalue weighted by molar-refractivity contribution is -0.115. The van der Waals surface area contributed by atoms with E-state index in [0.29, 0.717) is 22.2 Å². The molecule has 2 amide bonds. The standard InChI is InChI=1S/C25H24N4O3S/c1-4-32-21-12-10-20(11-13-21)26-25-27-24(31)22(33-25)15-19-14-16(2)29(17(19)3)28-23(30)18-8-6-5-7-9-18/h5-15H,4H2,1-3H3,(H,28,30)(H,26,27,31)/b22-15-. The van der Waals surface area contributed by atoms with Gasteiger partial charge in [0.15, 0.2) is 5.17 Å². The van der Waals surface area contributed by atoms with Crippen LogP contribution in [-0.4, -0.2) is 28.3 Å². The minimum absolute atomic E-state index is 0.200. The third-order valence-electron chi connectivity index (χ3n) is 5.04. The van der Waals surface area contributed by atoms with Crippen LogP contribution < -0.4 is 15.5 Å². The highest BCUT2D eigenvalue weighted by Gasteiger charge is 2.24. The number of amides is 2. The monoisotopic (exact) mass is 460 g/mol. The number of aliphatic imine (C=N–C) groups is 1. The fourth-order valence-corrected chi connectivity index (χ4v) is 4.22. The molecule has 0 unspecified atom stereocenters. The molecule has 0 radical (unpaired) electrons. The van der Waals surface area contributed by atoms with E-state index in [2.05, 4.69) is 15.7 Å². The van der Waals surface area contributed by atoms with Crippen LogP contribution in [0.3, 0.4) is 0 Å². The molecule has 2 N–H and O–H groups in total. The van der Waals surface area contributed by atoms with Gasteiger partial charge in [0.25, 0.3) is 11.8 Å². The number of benzene rings is 2. The van der Waals surface area contributed by atoms with Crippen LogP contribution in [0.4, 0.5) is 5.69 Å². The lowest BCUT2D eigenvalue weighted by atomic mass is 10.2. The molecule has 1 fully saturated rings. The first-order valence-electron chi connectivity index (χ1n) is 10.5. The van der Waals surface area contributed by atoms with E-state index in [1.807, 2.05) is 75.4 Å². The number of carbonyl (C=O) groups is 2. The summed E-state index contributed by atoms with van der Waals surface area (Å²) in [5.41, 5.74) is 6.75. The van der Waals surface area contributed by atoms with Crippen molar-refractivity contribution in [2.75, 3.05) is 12.0 Å². The van der Waals surface area contributed by atoms with E-state index in [0.717, 1.165) is 28.4 Å². The van der Waals surface area contributed by atoms with Gasteiger partial charge < -0.3 is 10.1 Å². The van der Waals surface area contributed by atoms with Crippen molar-refractivity contribution in [3.05, 3.63) is 88.1 Å². The molecule has 33 heavy (non-hydrogen) atoms. The van der Waals surface area contributed by atoms with Gasteiger partial charge in [0.05, 0.1) is 17.2 Å². The summed E-state index contributed by atoms with van der Waals surface area (Å²) >= 11 is 1.28. The van der Waals surface area contributed by atoms with Gasteiger partial charge in [-0.25, -0.2) is 4.99 Å². The second kappa shape index (κ2) is 9.79. The number of hydrogen-bond acceptors (Lipinski definition) is 5. The first kappa shape index (κ1) is 22.4. The lowest BCUT2D eigenvalue weighted by Gasteiger charge is -2.11. The second-order valence-corrected chi connectivity index (χ2v) is 8.41. The summed E-state index contributed by atoms with van der Waals surface area (Å²) in [6, 6.07) is 18.3. The van der Waals surface area contributed by atoms with E-state index in [4.69, 9.17) is 4.74 Å². The number of aromatic nitrogens is 1.